The lowest BCUT2D eigenvalue weighted by Gasteiger charge is -2.50. The molecule has 146 valence electrons. The number of piperazine rings is 1. The number of hydrogen-bond acceptors (Lipinski definition) is 3. The van der Waals surface area contributed by atoms with Crippen molar-refractivity contribution in [3.8, 4) is 0 Å². The molecule has 2 aliphatic carbocycles. The van der Waals surface area contributed by atoms with Crippen LogP contribution in [0.2, 0.25) is 0 Å². The first-order valence-corrected chi connectivity index (χ1v) is 10.7. The Labute approximate surface area is 157 Å². The normalized spacial score (nSPS) is 45.8. The molecule has 0 radical (unpaired) electrons. The number of aliphatic hydroxyl groups excluding tert-OH is 1. The first-order valence-electron chi connectivity index (χ1n) is 10.7. The van der Waals surface area contributed by atoms with Gasteiger partial charge < -0.3 is 19.6 Å². The number of fused-ring (bicyclic) bond motifs is 2. The van der Waals surface area contributed by atoms with Crippen LogP contribution in [-0.2, 0) is 9.53 Å². The fourth-order valence-electron chi connectivity index (χ4n) is 6.37. The molecule has 0 spiro atoms. The van der Waals surface area contributed by atoms with Crippen molar-refractivity contribution in [2.24, 2.45) is 23.2 Å². The molecule has 26 heavy (non-hydrogen) atoms. The molecule has 5 atom stereocenters. The molecule has 2 saturated heterocycles. The Morgan fingerprint density at radius 2 is 2.00 bits per heavy atom. The molecular weight excluding hydrogens is 328 g/mol. The lowest BCUT2D eigenvalue weighted by Crippen LogP contribution is -3.28. The van der Waals surface area contributed by atoms with Crippen molar-refractivity contribution in [1.82, 2.24) is 0 Å². The molecule has 5 nitrogen and oxygen atoms in total. The Hall–Kier alpha value is -0.910. The van der Waals surface area contributed by atoms with Crippen LogP contribution in [0.15, 0.2) is 12.2 Å². The van der Waals surface area contributed by atoms with Crippen molar-refractivity contribution in [3.05, 3.63) is 12.2 Å². The first kappa shape index (κ1) is 18.5. The summed E-state index contributed by atoms with van der Waals surface area (Å²) in [6.07, 6.45) is 5.94. The Balaban J connectivity index is 1.41. The van der Waals surface area contributed by atoms with Gasteiger partial charge in [-0.15, -0.1) is 0 Å². The van der Waals surface area contributed by atoms with Crippen LogP contribution in [0.4, 0.5) is 0 Å². The second kappa shape index (κ2) is 7.25. The number of quaternary nitrogens is 2. The van der Waals surface area contributed by atoms with Gasteiger partial charge in [0.1, 0.15) is 44.7 Å². The Morgan fingerprint density at radius 3 is 2.73 bits per heavy atom. The standard InChI is InChI=1S/C21H34N2O3/c1-15-4-3-5-21(2)13-19-16(12-18(15)21)17(20(25)26-19)14-23-8-6-22(7-9-23)10-11-24/h16-19,24H,1,3-14H2,2H3/p+2/t16-,17-,18-,19-,21-/m1/s1. The monoisotopic (exact) mass is 364 g/mol. The highest BCUT2D eigenvalue weighted by Gasteiger charge is 2.56. The summed E-state index contributed by atoms with van der Waals surface area (Å²) in [5.74, 6) is 1.11. The summed E-state index contributed by atoms with van der Waals surface area (Å²) in [6.45, 7) is 13.2. The van der Waals surface area contributed by atoms with Gasteiger partial charge in [-0.2, -0.15) is 0 Å². The zero-order valence-electron chi connectivity index (χ0n) is 16.3. The summed E-state index contributed by atoms with van der Waals surface area (Å²) in [6, 6.07) is 0. The molecule has 4 fully saturated rings. The molecule has 4 rings (SSSR count). The lowest BCUT2D eigenvalue weighted by atomic mass is 9.55. The number of carbonyl (C=O) groups is 1. The molecule has 0 aromatic heterocycles. The van der Waals surface area contributed by atoms with Crippen LogP contribution in [-0.4, -0.2) is 63.1 Å². The number of esters is 1. The number of carbonyl (C=O) groups excluding carboxylic acids is 1. The van der Waals surface area contributed by atoms with E-state index in [4.69, 9.17) is 9.84 Å². The van der Waals surface area contributed by atoms with Gasteiger partial charge in [0, 0.05) is 5.92 Å². The second-order valence-electron chi connectivity index (χ2n) is 9.58. The molecule has 0 unspecified atom stereocenters. The summed E-state index contributed by atoms with van der Waals surface area (Å²) < 4.78 is 5.91. The molecule has 2 saturated carbocycles. The van der Waals surface area contributed by atoms with Gasteiger partial charge in [-0.3, -0.25) is 4.79 Å². The number of hydrogen-bond donors (Lipinski definition) is 3. The zero-order valence-corrected chi connectivity index (χ0v) is 16.3. The van der Waals surface area contributed by atoms with E-state index in [0.29, 0.717) is 11.8 Å². The number of aliphatic hydroxyl groups is 1. The molecule has 0 aromatic carbocycles. The van der Waals surface area contributed by atoms with Crippen LogP contribution < -0.4 is 9.80 Å². The predicted octanol–water partition coefficient (Wildman–Crippen LogP) is -0.924. The fourth-order valence-corrected chi connectivity index (χ4v) is 6.37. The molecular formula is C21H36N2O3+2. The minimum absolute atomic E-state index is 0.0606. The van der Waals surface area contributed by atoms with Gasteiger partial charge in [-0.1, -0.05) is 19.1 Å². The Bertz CT molecular complexity index is 557. The number of nitrogens with one attached hydrogen (secondary N) is 2. The summed E-state index contributed by atoms with van der Waals surface area (Å²) >= 11 is 0. The topological polar surface area (TPSA) is 55.4 Å². The van der Waals surface area contributed by atoms with Crippen LogP contribution in [0.5, 0.6) is 0 Å². The highest BCUT2D eigenvalue weighted by Crippen LogP contribution is 2.56. The first-order chi connectivity index (χ1) is 12.5. The van der Waals surface area contributed by atoms with E-state index in [0.717, 1.165) is 58.5 Å². The van der Waals surface area contributed by atoms with Crippen molar-refractivity contribution in [2.75, 3.05) is 45.9 Å². The summed E-state index contributed by atoms with van der Waals surface area (Å²) in [7, 11) is 0. The summed E-state index contributed by atoms with van der Waals surface area (Å²) in [4.78, 5) is 15.7. The third-order valence-corrected chi connectivity index (χ3v) is 7.96. The second-order valence-corrected chi connectivity index (χ2v) is 9.58. The van der Waals surface area contributed by atoms with E-state index in [1.807, 2.05) is 0 Å². The molecule has 4 aliphatic rings. The molecule has 0 bridgehead atoms. The van der Waals surface area contributed by atoms with E-state index < -0.39 is 0 Å². The Kier molecular flexibility index (Phi) is 5.15. The summed E-state index contributed by atoms with van der Waals surface area (Å²) in [5, 5.41) is 9.12. The van der Waals surface area contributed by atoms with Crippen molar-refractivity contribution >= 4 is 5.97 Å². The molecule has 2 aliphatic heterocycles. The maximum atomic E-state index is 12.7. The van der Waals surface area contributed by atoms with Crippen molar-refractivity contribution < 1.29 is 24.4 Å². The van der Waals surface area contributed by atoms with Gasteiger partial charge in [0.05, 0.1) is 13.2 Å². The van der Waals surface area contributed by atoms with Gasteiger partial charge in [-0.25, -0.2) is 0 Å². The minimum atomic E-state index is 0.0606. The third kappa shape index (κ3) is 3.34. The number of rotatable bonds is 4. The highest BCUT2D eigenvalue weighted by atomic mass is 16.6. The number of allylic oxidation sites excluding steroid dienone is 1. The van der Waals surface area contributed by atoms with E-state index in [-0.39, 0.29) is 30.0 Å². The molecule has 2 heterocycles. The molecule has 3 N–H and O–H groups in total. The average molecular weight is 365 g/mol. The quantitative estimate of drug-likeness (QED) is 0.447. The van der Waals surface area contributed by atoms with Gasteiger partial charge in [0.15, 0.2) is 0 Å². The van der Waals surface area contributed by atoms with Crippen LogP contribution in [0.3, 0.4) is 0 Å². The number of ether oxygens (including phenoxy) is 1. The van der Waals surface area contributed by atoms with Crippen LogP contribution in [0, 0.1) is 23.2 Å². The van der Waals surface area contributed by atoms with Gasteiger partial charge in [0.2, 0.25) is 0 Å². The van der Waals surface area contributed by atoms with Gasteiger partial charge >= 0.3 is 5.97 Å². The van der Waals surface area contributed by atoms with E-state index >= 15 is 0 Å². The average Bonchev–Trinajstić information content (AvgIpc) is 2.89. The summed E-state index contributed by atoms with van der Waals surface area (Å²) in [5.41, 5.74) is 1.71. The third-order valence-electron chi connectivity index (χ3n) is 7.96. The van der Waals surface area contributed by atoms with E-state index in [1.165, 1.54) is 23.3 Å². The molecule has 0 amide bonds. The van der Waals surface area contributed by atoms with Gasteiger partial charge in [0.25, 0.3) is 0 Å². The van der Waals surface area contributed by atoms with Crippen LogP contribution in [0.25, 0.3) is 0 Å². The van der Waals surface area contributed by atoms with E-state index in [1.54, 1.807) is 4.90 Å². The smallest absolute Gasteiger partial charge is 0.315 e. The van der Waals surface area contributed by atoms with Crippen molar-refractivity contribution in [3.63, 3.8) is 0 Å². The van der Waals surface area contributed by atoms with Gasteiger partial charge in [-0.05, 0) is 43.4 Å². The largest absolute Gasteiger partial charge is 0.462 e. The maximum Gasteiger partial charge on any atom is 0.315 e. The minimum Gasteiger partial charge on any atom is -0.462 e. The highest BCUT2D eigenvalue weighted by molar-refractivity contribution is 5.75. The fraction of sp³-hybridized carbons (Fsp3) is 0.857. The van der Waals surface area contributed by atoms with Crippen molar-refractivity contribution in [1.29, 1.82) is 0 Å². The maximum absolute atomic E-state index is 12.7. The predicted molar refractivity (Wildman–Crippen MR) is 98.9 cm³/mol. The molecule has 5 heteroatoms. The van der Waals surface area contributed by atoms with Crippen LogP contribution >= 0.6 is 0 Å². The zero-order chi connectivity index (χ0) is 18.3. The van der Waals surface area contributed by atoms with Crippen molar-refractivity contribution in [2.45, 2.75) is 45.1 Å². The molecule has 0 aromatic rings. The van der Waals surface area contributed by atoms with E-state index in [2.05, 4.69) is 13.5 Å². The Morgan fingerprint density at radius 1 is 1.27 bits per heavy atom. The lowest BCUT2D eigenvalue weighted by molar-refractivity contribution is -1.01. The van der Waals surface area contributed by atoms with E-state index in [9.17, 15) is 4.79 Å². The van der Waals surface area contributed by atoms with Crippen LogP contribution in [0.1, 0.15) is 39.0 Å². The SMILES string of the molecule is C=C1CCC[C@]2(C)C[C@H]3OC(=O)[C@H](C[NH+]4CC[NH+](CCO)CC4)[C@H]3C[C@H]12.